The number of carboxylic acid groups (broad SMARTS) is 1. The minimum absolute atomic E-state index is 0.0832. The highest BCUT2D eigenvalue weighted by Crippen LogP contribution is 2.25. The maximum absolute atomic E-state index is 11.1. The Morgan fingerprint density at radius 1 is 1.22 bits per heavy atom. The van der Waals surface area contributed by atoms with Crippen molar-refractivity contribution in [3.8, 4) is 0 Å². The van der Waals surface area contributed by atoms with Crippen LogP contribution in [0.3, 0.4) is 0 Å². The molecule has 18 heavy (non-hydrogen) atoms. The smallest absolute Gasteiger partial charge is 0.261 e. The molecule has 0 N–H and O–H groups in total. The van der Waals surface area contributed by atoms with Crippen molar-refractivity contribution in [2.45, 2.75) is 31.2 Å². The number of benzene rings is 1. The SMILES string of the molecule is CC(C)(C)N(C(=O)[O-])c1ccc(S(=O)(=O)Cl)cc1. The van der Waals surface area contributed by atoms with E-state index in [2.05, 4.69) is 0 Å². The second-order valence-corrected chi connectivity index (χ2v) is 7.27. The van der Waals surface area contributed by atoms with Gasteiger partial charge in [-0.2, -0.15) is 0 Å². The zero-order valence-electron chi connectivity index (χ0n) is 10.2. The fourth-order valence-corrected chi connectivity index (χ4v) is 2.29. The lowest BCUT2D eigenvalue weighted by atomic mass is 10.1. The first kappa shape index (κ1) is 14.8. The maximum Gasteiger partial charge on any atom is 0.261 e. The normalized spacial score (nSPS) is 12.2. The third-order valence-corrected chi connectivity index (χ3v) is 3.60. The Balaban J connectivity index is 3.22. The summed E-state index contributed by atoms with van der Waals surface area (Å²) in [6.07, 6.45) is -1.36. The Hall–Kier alpha value is -1.27. The molecule has 7 heteroatoms. The molecular weight excluding hydrogens is 278 g/mol. The number of nitrogens with zero attached hydrogens (tertiary/aromatic N) is 1. The average Bonchev–Trinajstić information content (AvgIpc) is 2.13. The number of anilines is 1. The van der Waals surface area contributed by atoms with Gasteiger partial charge in [0, 0.05) is 21.9 Å². The van der Waals surface area contributed by atoms with Crippen molar-refractivity contribution >= 4 is 31.5 Å². The van der Waals surface area contributed by atoms with Gasteiger partial charge in [0.15, 0.2) is 0 Å². The molecule has 100 valence electrons. The van der Waals surface area contributed by atoms with Gasteiger partial charge in [-0.1, -0.05) is 0 Å². The van der Waals surface area contributed by atoms with Crippen LogP contribution in [-0.4, -0.2) is 20.0 Å². The van der Waals surface area contributed by atoms with E-state index in [0.717, 1.165) is 4.90 Å². The summed E-state index contributed by atoms with van der Waals surface area (Å²) in [5.74, 6) is 0. The van der Waals surface area contributed by atoms with Gasteiger partial charge in [0.2, 0.25) is 0 Å². The lowest BCUT2D eigenvalue weighted by Gasteiger charge is -2.37. The van der Waals surface area contributed by atoms with Gasteiger partial charge in [-0.3, -0.25) is 0 Å². The maximum atomic E-state index is 11.1. The van der Waals surface area contributed by atoms with Crippen LogP contribution in [0.1, 0.15) is 20.8 Å². The minimum Gasteiger partial charge on any atom is -0.530 e. The number of halogens is 1. The van der Waals surface area contributed by atoms with Crippen molar-refractivity contribution < 1.29 is 18.3 Å². The molecule has 0 atom stereocenters. The summed E-state index contributed by atoms with van der Waals surface area (Å²) in [5.41, 5.74) is -0.369. The first-order valence-electron chi connectivity index (χ1n) is 5.09. The van der Waals surface area contributed by atoms with Gasteiger partial charge in [-0.15, -0.1) is 0 Å². The van der Waals surface area contributed by atoms with Gasteiger partial charge in [-0.05, 0) is 45.0 Å². The zero-order valence-corrected chi connectivity index (χ0v) is 11.7. The largest absolute Gasteiger partial charge is 0.530 e. The van der Waals surface area contributed by atoms with Gasteiger partial charge in [0.1, 0.15) is 6.09 Å². The van der Waals surface area contributed by atoms with Crippen LogP contribution in [0.5, 0.6) is 0 Å². The molecule has 0 bridgehead atoms. The number of rotatable bonds is 2. The molecule has 0 saturated carbocycles. The molecule has 0 unspecified atom stereocenters. The third kappa shape index (κ3) is 3.36. The second kappa shape index (κ2) is 4.78. The molecule has 1 aromatic rings. The van der Waals surface area contributed by atoms with E-state index in [0.29, 0.717) is 5.69 Å². The molecule has 0 spiro atoms. The standard InChI is InChI=1S/C11H14ClNO4S/c1-11(2,3)13(10(14)15)8-4-6-9(7-5-8)18(12,16)17/h4-7H,1-3H3,(H,14,15)/p-1. The van der Waals surface area contributed by atoms with Crippen molar-refractivity contribution in [1.29, 1.82) is 0 Å². The van der Waals surface area contributed by atoms with Crippen LogP contribution in [-0.2, 0) is 9.05 Å². The number of carbonyl (C=O) groups excluding carboxylic acids is 1. The Bertz CT molecular complexity index is 545. The topological polar surface area (TPSA) is 77.5 Å². The van der Waals surface area contributed by atoms with Crippen LogP contribution in [0, 0.1) is 0 Å². The highest BCUT2D eigenvalue weighted by Gasteiger charge is 2.23. The van der Waals surface area contributed by atoms with Crippen LogP contribution in [0.4, 0.5) is 10.5 Å². The number of amides is 1. The van der Waals surface area contributed by atoms with Crippen LogP contribution in [0.15, 0.2) is 29.2 Å². The van der Waals surface area contributed by atoms with Gasteiger partial charge in [-0.25, -0.2) is 8.42 Å². The number of hydrogen-bond acceptors (Lipinski definition) is 4. The van der Waals surface area contributed by atoms with Crippen molar-refractivity contribution in [2.75, 3.05) is 4.90 Å². The molecule has 1 aromatic carbocycles. The van der Waals surface area contributed by atoms with Crippen molar-refractivity contribution in [1.82, 2.24) is 0 Å². The van der Waals surface area contributed by atoms with Gasteiger partial charge >= 0.3 is 0 Å². The van der Waals surface area contributed by atoms with Crippen LogP contribution in [0.25, 0.3) is 0 Å². The third-order valence-electron chi connectivity index (χ3n) is 2.23. The first-order chi connectivity index (χ1) is 8.03. The Morgan fingerprint density at radius 3 is 1.94 bits per heavy atom. The molecule has 5 nitrogen and oxygen atoms in total. The van der Waals surface area contributed by atoms with Gasteiger partial charge < -0.3 is 14.8 Å². The lowest BCUT2D eigenvalue weighted by molar-refractivity contribution is -0.247. The van der Waals surface area contributed by atoms with E-state index in [4.69, 9.17) is 10.7 Å². The van der Waals surface area contributed by atoms with E-state index in [1.54, 1.807) is 20.8 Å². The van der Waals surface area contributed by atoms with Crippen LogP contribution >= 0.6 is 10.7 Å². The molecule has 1 amide bonds. The summed E-state index contributed by atoms with van der Waals surface area (Å²) in [7, 11) is 1.36. The molecule has 0 aromatic heterocycles. The first-order valence-corrected chi connectivity index (χ1v) is 7.40. The van der Waals surface area contributed by atoms with E-state index in [1.807, 2.05) is 0 Å². The fraction of sp³-hybridized carbons (Fsp3) is 0.364. The van der Waals surface area contributed by atoms with E-state index >= 15 is 0 Å². The molecule has 0 fully saturated rings. The summed E-state index contributed by atoms with van der Waals surface area (Å²) < 4.78 is 22.1. The average molecular weight is 291 g/mol. The molecule has 0 aliphatic rings. The van der Waals surface area contributed by atoms with Gasteiger partial charge in [0.25, 0.3) is 9.05 Å². The molecule has 1 rings (SSSR count). The van der Waals surface area contributed by atoms with E-state index in [9.17, 15) is 18.3 Å². The molecule has 0 aliphatic heterocycles. The molecule has 0 radical (unpaired) electrons. The zero-order chi connectivity index (χ0) is 14.1. The quantitative estimate of drug-likeness (QED) is 0.775. The fourth-order valence-electron chi connectivity index (χ4n) is 1.52. The van der Waals surface area contributed by atoms with Crippen LogP contribution in [0.2, 0.25) is 0 Å². The van der Waals surface area contributed by atoms with E-state index in [-0.39, 0.29) is 4.90 Å². The summed E-state index contributed by atoms with van der Waals surface area (Å²) in [6, 6.07) is 5.24. The predicted molar refractivity (Wildman–Crippen MR) is 67.1 cm³/mol. The van der Waals surface area contributed by atoms with E-state index < -0.39 is 20.7 Å². The monoisotopic (exact) mass is 290 g/mol. The summed E-state index contributed by atoms with van der Waals surface area (Å²) in [4.78, 5) is 12.1. The van der Waals surface area contributed by atoms with Gasteiger partial charge in [0.05, 0.1) is 4.90 Å². The lowest BCUT2D eigenvalue weighted by Crippen LogP contribution is -2.52. The van der Waals surface area contributed by atoms with Crippen molar-refractivity contribution in [3.63, 3.8) is 0 Å². The number of hydrogen-bond donors (Lipinski definition) is 0. The molecule has 0 aliphatic carbocycles. The van der Waals surface area contributed by atoms with Crippen molar-refractivity contribution in [3.05, 3.63) is 24.3 Å². The van der Waals surface area contributed by atoms with E-state index in [1.165, 1.54) is 24.3 Å². The Morgan fingerprint density at radius 2 is 1.67 bits per heavy atom. The molecular formula is C11H13ClNO4S-. The Kier molecular flexibility index (Phi) is 3.92. The summed E-state index contributed by atoms with van der Waals surface area (Å²) in [5, 5.41) is 11.1. The molecule has 0 saturated heterocycles. The predicted octanol–water partition coefficient (Wildman–Crippen LogP) is 1.56. The number of carbonyl (C=O) groups is 1. The summed E-state index contributed by atoms with van der Waals surface area (Å²) in [6.45, 7) is 5.11. The highest BCUT2D eigenvalue weighted by molar-refractivity contribution is 8.13. The highest BCUT2D eigenvalue weighted by atomic mass is 35.7. The van der Waals surface area contributed by atoms with Crippen molar-refractivity contribution in [2.24, 2.45) is 0 Å². The Labute approximate surface area is 110 Å². The molecule has 0 heterocycles. The minimum atomic E-state index is -3.81. The second-order valence-electron chi connectivity index (χ2n) is 4.70. The van der Waals surface area contributed by atoms with Crippen LogP contribution < -0.4 is 10.0 Å². The summed E-state index contributed by atoms with van der Waals surface area (Å²) >= 11 is 0.